The number of fused-ring (bicyclic) bond motifs is 1. The zero-order valence-corrected chi connectivity index (χ0v) is 12.3. The van der Waals surface area contributed by atoms with Gasteiger partial charge in [0.15, 0.2) is 0 Å². The van der Waals surface area contributed by atoms with Gasteiger partial charge in [0.05, 0.1) is 0 Å². The number of aromatic hydroxyl groups is 1. The van der Waals surface area contributed by atoms with Gasteiger partial charge in [-0.1, -0.05) is 36.4 Å². The maximum absolute atomic E-state index is 10.5. The van der Waals surface area contributed by atoms with Crippen LogP contribution in [0.25, 0.3) is 10.8 Å². The summed E-state index contributed by atoms with van der Waals surface area (Å²) >= 11 is 0. The lowest BCUT2D eigenvalue weighted by molar-refractivity contribution is 0.173. The molecule has 21 heavy (non-hydrogen) atoms. The minimum absolute atomic E-state index is 0.190. The van der Waals surface area contributed by atoms with E-state index in [2.05, 4.69) is 28.9 Å². The topological polar surface area (TPSA) is 35.5 Å². The van der Waals surface area contributed by atoms with Gasteiger partial charge in [-0.05, 0) is 23.3 Å². The quantitative estimate of drug-likeness (QED) is 0.846. The molecular weight excluding hydrogens is 260 g/mol. The highest BCUT2D eigenvalue weighted by Gasteiger charge is 2.25. The average Bonchev–Trinajstić information content (AvgIpc) is 2.54. The third-order valence-electron chi connectivity index (χ3n) is 4.26. The van der Waals surface area contributed by atoms with Crippen LogP contribution in [0.3, 0.4) is 0 Å². The zero-order valence-electron chi connectivity index (χ0n) is 12.3. The summed E-state index contributed by atoms with van der Waals surface area (Å²) in [6.07, 6.45) is 2.80. The number of phenols is 1. The van der Waals surface area contributed by atoms with Crippen molar-refractivity contribution in [1.82, 2.24) is 10.2 Å². The van der Waals surface area contributed by atoms with Crippen LogP contribution in [0.15, 0.2) is 49.1 Å². The highest BCUT2D eigenvalue weighted by Crippen LogP contribution is 2.37. The summed E-state index contributed by atoms with van der Waals surface area (Å²) in [5.74, 6) is 0.388. The monoisotopic (exact) mass is 282 g/mol. The second kappa shape index (κ2) is 6.29. The van der Waals surface area contributed by atoms with Crippen molar-refractivity contribution in [2.75, 3.05) is 26.2 Å². The van der Waals surface area contributed by atoms with E-state index in [0.717, 1.165) is 43.5 Å². The Labute approximate surface area is 125 Å². The maximum Gasteiger partial charge on any atom is 0.121 e. The molecule has 0 unspecified atom stereocenters. The van der Waals surface area contributed by atoms with Gasteiger partial charge in [0.1, 0.15) is 5.75 Å². The molecule has 0 spiro atoms. The van der Waals surface area contributed by atoms with E-state index in [9.17, 15) is 5.11 Å². The summed E-state index contributed by atoms with van der Waals surface area (Å²) in [4.78, 5) is 2.44. The van der Waals surface area contributed by atoms with Crippen LogP contribution in [-0.2, 0) is 0 Å². The van der Waals surface area contributed by atoms with Crippen molar-refractivity contribution < 1.29 is 5.11 Å². The van der Waals surface area contributed by atoms with Crippen LogP contribution in [0, 0.1) is 0 Å². The van der Waals surface area contributed by atoms with Crippen LogP contribution in [-0.4, -0.2) is 36.2 Å². The van der Waals surface area contributed by atoms with Gasteiger partial charge in [-0.2, -0.15) is 0 Å². The Balaban J connectivity index is 2.09. The molecule has 110 valence electrons. The number of nitrogens with zero attached hydrogens (tertiary/aromatic N) is 1. The van der Waals surface area contributed by atoms with E-state index in [4.69, 9.17) is 0 Å². The predicted molar refractivity (Wildman–Crippen MR) is 87.6 cm³/mol. The van der Waals surface area contributed by atoms with Crippen LogP contribution in [0.2, 0.25) is 0 Å². The van der Waals surface area contributed by atoms with Crippen LogP contribution < -0.4 is 5.32 Å². The predicted octanol–water partition coefficient (Wildman–Crippen LogP) is 3.07. The van der Waals surface area contributed by atoms with E-state index >= 15 is 0 Å². The van der Waals surface area contributed by atoms with E-state index in [-0.39, 0.29) is 6.04 Å². The molecule has 0 amide bonds. The SMILES string of the molecule is C=CC[C@@H](c1c(O)ccc2ccccc12)N1CCNCC1. The number of hydrogen-bond donors (Lipinski definition) is 2. The fraction of sp³-hybridized carbons (Fsp3) is 0.333. The van der Waals surface area contributed by atoms with Gasteiger partial charge in [0, 0.05) is 37.8 Å². The van der Waals surface area contributed by atoms with Gasteiger partial charge in [-0.3, -0.25) is 4.90 Å². The smallest absolute Gasteiger partial charge is 0.121 e. The summed E-state index contributed by atoms with van der Waals surface area (Å²) in [5.41, 5.74) is 1.04. The summed E-state index contributed by atoms with van der Waals surface area (Å²) in [7, 11) is 0. The maximum atomic E-state index is 10.5. The van der Waals surface area contributed by atoms with Crippen LogP contribution in [0.1, 0.15) is 18.0 Å². The number of piperazine rings is 1. The molecular formula is C18H22N2O. The third-order valence-corrected chi connectivity index (χ3v) is 4.26. The molecule has 1 saturated heterocycles. The van der Waals surface area contributed by atoms with Gasteiger partial charge >= 0.3 is 0 Å². The van der Waals surface area contributed by atoms with Crippen molar-refractivity contribution in [3.8, 4) is 5.75 Å². The second-order valence-corrected chi connectivity index (χ2v) is 5.55. The van der Waals surface area contributed by atoms with E-state index in [1.54, 1.807) is 0 Å². The van der Waals surface area contributed by atoms with Crippen molar-refractivity contribution in [3.05, 3.63) is 54.6 Å². The summed E-state index contributed by atoms with van der Waals surface area (Å²) in [6, 6.07) is 12.3. The van der Waals surface area contributed by atoms with Crippen molar-refractivity contribution in [2.24, 2.45) is 0 Å². The minimum atomic E-state index is 0.190. The van der Waals surface area contributed by atoms with Crippen molar-refractivity contribution in [2.45, 2.75) is 12.5 Å². The van der Waals surface area contributed by atoms with Crippen molar-refractivity contribution in [1.29, 1.82) is 0 Å². The number of hydrogen-bond acceptors (Lipinski definition) is 3. The van der Waals surface area contributed by atoms with Crippen LogP contribution >= 0.6 is 0 Å². The van der Waals surface area contributed by atoms with Crippen molar-refractivity contribution >= 4 is 10.8 Å². The Morgan fingerprint density at radius 1 is 1.19 bits per heavy atom. The normalized spacial score (nSPS) is 17.7. The van der Waals surface area contributed by atoms with Crippen LogP contribution in [0.4, 0.5) is 0 Å². The second-order valence-electron chi connectivity index (χ2n) is 5.55. The summed E-state index contributed by atoms with van der Waals surface area (Å²) in [5, 5.41) is 16.2. The molecule has 0 aliphatic carbocycles. The first-order valence-electron chi connectivity index (χ1n) is 7.57. The fourth-order valence-electron chi connectivity index (χ4n) is 3.24. The molecule has 0 radical (unpaired) electrons. The standard InChI is InChI=1S/C18H22N2O/c1-2-5-16(20-12-10-19-11-13-20)18-15-7-4-3-6-14(15)8-9-17(18)21/h2-4,6-9,16,19,21H,1,5,10-13H2/t16-/m0/s1. The Hall–Kier alpha value is -1.84. The Bertz CT molecular complexity index is 632. The fourth-order valence-corrected chi connectivity index (χ4v) is 3.24. The van der Waals surface area contributed by atoms with Crippen LogP contribution in [0.5, 0.6) is 5.75 Å². The molecule has 1 fully saturated rings. The highest BCUT2D eigenvalue weighted by atomic mass is 16.3. The first-order valence-corrected chi connectivity index (χ1v) is 7.57. The third kappa shape index (κ3) is 2.80. The number of rotatable bonds is 4. The number of phenolic OH excluding ortho intramolecular Hbond substituents is 1. The summed E-state index contributed by atoms with van der Waals surface area (Å²) < 4.78 is 0. The molecule has 1 aliphatic heterocycles. The van der Waals surface area contributed by atoms with Gasteiger partial charge in [0.25, 0.3) is 0 Å². The zero-order chi connectivity index (χ0) is 14.7. The van der Waals surface area contributed by atoms with E-state index in [1.165, 1.54) is 5.39 Å². The lowest BCUT2D eigenvalue weighted by atomic mass is 9.94. The van der Waals surface area contributed by atoms with Crippen molar-refractivity contribution in [3.63, 3.8) is 0 Å². The Morgan fingerprint density at radius 2 is 1.95 bits per heavy atom. The minimum Gasteiger partial charge on any atom is -0.508 e. The molecule has 3 rings (SSSR count). The van der Waals surface area contributed by atoms with Gasteiger partial charge in [0.2, 0.25) is 0 Å². The molecule has 1 aliphatic rings. The lowest BCUT2D eigenvalue weighted by Gasteiger charge is -2.35. The van der Waals surface area contributed by atoms with Gasteiger partial charge in [-0.15, -0.1) is 6.58 Å². The molecule has 0 bridgehead atoms. The molecule has 0 saturated carbocycles. The van der Waals surface area contributed by atoms with E-state index in [1.807, 2.05) is 30.3 Å². The molecule has 2 aromatic carbocycles. The van der Waals surface area contributed by atoms with E-state index < -0.39 is 0 Å². The largest absolute Gasteiger partial charge is 0.508 e. The van der Waals surface area contributed by atoms with Gasteiger partial charge in [-0.25, -0.2) is 0 Å². The Morgan fingerprint density at radius 3 is 2.71 bits per heavy atom. The molecule has 3 nitrogen and oxygen atoms in total. The number of benzene rings is 2. The average molecular weight is 282 g/mol. The molecule has 0 aromatic heterocycles. The molecule has 1 atom stereocenters. The highest BCUT2D eigenvalue weighted by molar-refractivity contribution is 5.88. The van der Waals surface area contributed by atoms with Gasteiger partial charge < -0.3 is 10.4 Å². The lowest BCUT2D eigenvalue weighted by Crippen LogP contribution is -2.45. The first-order chi connectivity index (χ1) is 10.3. The summed E-state index contributed by atoms with van der Waals surface area (Å²) in [6.45, 7) is 7.91. The molecule has 2 N–H and O–H groups in total. The van der Waals surface area contributed by atoms with E-state index in [0.29, 0.717) is 5.75 Å². The number of nitrogens with one attached hydrogen (secondary N) is 1. The first kappa shape index (κ1) is 14.1. The molecule has 2 aromatic rings. The molecule has 3 heteroatoms. The Kier molecular flexibility index (Phi) is 4.23. The molecule has 1 heterocycles.